The zero-order chi connectivity index (χ0) is 13.7. The molecular formula is C17H25NO. The number of aromatic hydroxyl groups is 1. The number of phenols is 1. The summed E-state index contributed by atoms with van der Waals surface area (Å²) in [6, 6.07) is 8.42. The molecule has 1 aliphatic heterocycles. The van der Waals surface area contributed by atoms with Gasteiger partial charge in [-0.25, -0.2) is 0 Å². The van der Waals surface area contributed by atoms with Crippen LogP contribution in [0.4, 0.5) is 0 Å². The summed E-state index contributed by atoms with van der Waals surface area (Å²) in [7, 11) is 0. The highest BCUT2D eigenvalue weighted by Crippen LogP contribution is 2.52. The lowest BCUT2D eigenvalue weighted by atomic mass is 9.65. The second-order valence-electron chi connectivity index (χ2n) is 7.79. The molecule has 2 atom stereocenters. The summed E-state index contributed by atoms with van der Waals surface area (Å²) in [4.78, 5) is 2.65. The molecule has 1 aromatic carbocycles. The van der Waals surface area contributed by atoms with E-state index in [1.54, 1.807) is 12.1 Å². The molecule has 0 amide bonds. The summed E-state index contributed by atoms with van der Waals surface area (Å²) in [5, 5.41) is 9.36. The van der Waals surface area contributed by atoms with Crippen LogP contribution in [0.3, 0.4) is 0 Å². The van der Waals surface area contributed by atoms with Gasteiger partial charge in [-0.2, -0.15) is 0 Å². The number of hydrogen-bond donors (Lipinski definition) is 1. The Balaban J connectivity index is 1.75. The maximum absolute atomic E-state index is 9.36. The normalized spacial score (nSPS) is 33.5. The Labute approximate surface area is 116 Å². The van der Waals surface area contributed by atoms with Crippen molar-refractivity contribution in [2.24, 2.45) is 10.8 Å². The molecule has 0 radical (unpaired) electrons. The molecule has 0 aromatic heterocycles. The van der Waals surface area contributed by atoms with Gasteiger partial charge in [0, 0.05) is 19.1 Å². The van der Waals surface area contributed by atoms with Gasteiger partial charge in [-0.1, -0.05) is 32.9 Å². The Morgan fingerprint density at radius 2 is 1.84 bits per heavy atom. The van der Waals surface area contributed by atoms with Crippen LogP contribution < -0.4 is 0 Å². The molecule has 1 saturated heterocycles. The third kappa shape index (κ3) is 2.64. The minimum atomic E-state index is 0.358. The van der Waals surface area contributed by atoms with E-state index in [4.69, 9.17) is 0 Å². The third-order valence-electron chi connectivity index (χ3n) is 4.85. The third-order valence-corrected chi connectivity index (χ3v) is 4.85. The van der Waals surface area contributed by atoms with Crippen LogP contribution in [0.1, 0.15) is 45.6 Å². The first-order valence-corrected chi connectivity index (χ1v) is 7.37. The number of rotatable bonds is 2. The summed E-state index contributed by atoms with van der Waals surface area (Å²) < 4.78 is 0. The Bertz CT molecular complexity index is 465. The summed E-state index contributed by atoms with van der Waals surface area (Å²) in [5.41, 5.74) is 2.30. The number of hydrogen-bond acceptors (Lipinski definition) is 2. The van der Waals surface area contributed by atoms with Crippen molar-refractivity contribution in [3.63, 3.8) is 0 Å². The van der Waals surface area contributed by atoms with Gasteiger partial charge in [0.15, 0.2) is 0 Å². The van der Waals surface area contributed by atoms with E-state index < -0.39 is 0 Å². The molecule has 0 spiro atoms. The van der Waals surface area contributed by atoms with E-state index in [-0.39, 0.29) is 0 Å². The average Bonchev–Trinajstić information content (AvgIpc) is 2.51. The molecule has 1 aromatic rings. The van der Waals surface area contributed by atoms with Crippen molar-refractivity contribution in [3.05, 3.63) is 29.8 Å². The van der Waals surface area contributed by atoms with Crippen molar-refractivity contribution < 1.29 is 5.11 Å². The zero-order valence-corrected chi connectivity index (χ0v) is 12.3. The van der Waals surface area contributed by atoms with E-state index in [0.717, 1.165) is 12.6 Å². The maximum atomic E-state index is 9.36. The molecule has 1 heterocycles. The Morgan fingerprint density at radius 3 is 2.53 bits per heavy atom. The lowest BCUT2D eigenvalue weighted by Gasteiger charge is -2.40. The first kappa shape index (κ1) is 13.0. The van der Waals surface area contributed by atoms with E-state index in [0.29, 0.717) is 16.6 Å². The van der Waals surface area contributed by atoms with Crippen molar-refractivity contribution in [3.8, 4) is 5.75 Å². The largest absolute Gasteiger partial charge is 0.508 e. The highest BCUT2D eigenvalue weighted by Gasteiger charge is 2.49. The highest BCUT2D eigenvalue weighted by molar-refractivity contribution is 5.26. The van der Waals surface area contributed by atoms with Crippen molar-refractivity contribution in [1.82, 2.24) is 4.90 Å². The number of nitrogens with zero attached hydrogens (tertiary/aromatic N) is 1. The summed E-state index contributed by atoms with van der Waals surface area (Å²) in [5.74, 6) is 0.358. The predicted molar refractivity (Wildman–Crippen MR) is 78.0 cm³/mol. The molecular weight excluding hydrogens is 234 g/mol. The van der Waals surface area contributed by atoms with Gasteiger partial charge in [-0.05, 0) is 47.8 Å². The Hall–Kier alpha value is -1.02. The Kier molecular flexibility index (Phi) is 2.90. The van der Waals surface area contributed by atoms with E-state index in [9.17, 15) is 5.11 Å². The molecule has 19 heavy (non-hydrogen) atoms. The van der Waals surface area contributed by atoms with E-state index >= 15 is 0 Å². The van der Waals surface area contributed by atoms with Crippen LogP contribution in [0.25, 0.3) is 0 Å². The van der Waals surface area contributed by atoms with Gasteiger partial charge in [0.2, 0.25) is 0 Å². The van der Waals surface area contributed by atoms with Gasteiger partial charge >= 0.3 is 0 Å². The molecule has 2 unspecified atom stereocenters. The predicted octanol–water partition coefficient (Wildman–Crippen LogP) is 3.79. The smallest absolute Gasteiger partial charge is 0.115 e. The van der Waals surface area contributed by atoms with E-state index in [1.807, 2.05) is 12.1 Å². The molecule has 2 fully saturated rings. The first-order valence-electron chi connectivity index (χ1n) is 7.37. The molecule has 2 heteroatoms. The second-order valence-corrected chi connectivity index (χ2v) is 7.79. The minimum Gasteiger partial charge on any atom is -0.508 e. The SMILES string of the molecule is CC1(C)CC2CC(C)(CN2Cc2ccc(O)cc2)C1. The summed E-state index contributed by atoms with van der Waals surface area (Å²) in [6.45, 7) is 9.54. The van der Waals surface area contributed by atoms with Crippen LogP contribution in [-0.2, 0) is 6.54 Å². The van der Waals surface area contributed by atoms with Crippen LogP contribution in [0, 0.1) is 10.8 Å². The maximum Gasteiger partial charge on any atom is 0.115 e. The van der Waals surface area contributed by atoms with Gasteiger partial charge in [0.1, 0.15) is 5.75 Å². The summed E-state index contributed by atoms with van der Waals surface area (Å²) in [6.07, 6.45) is 4.03. The number of fused-ring (bicyclic) bond motifs is 2. The van der Waals surface area contributed by atoms with Gasteiger partial charge in [0.25, 0.3) is 0 Å². The van der Waals surface area contributed by atoms with Gasteiger partial charge < -0.3 is 5.11 Å². The number of likely N-dealkylation sites (tertiary alicyclic amines) is 1. The topological polar surface area (TPSA) is 23.5 Å². The Morgan fingerprint density at radius 1 is 1.16 bits per heavy atom. The van der Waals surface area contributed by atoms with Crippen LogP contribution in [0.15, 0.2) is 24.3 Å². The first-order chi connectivity index (χ1) is 8.85. The molecule has 1 N–H and O–H groups in total. The van der Waals surface area contributed by atoms with Crippen molar-refractivity contribution in [2.45, 2.75) is 52.6 Å². The number of phenolic OH excluding ortho intramolecular Hbond substituents is 1. The van der Waals surface area contributed by atoms with Crippen molar-refractivity contribution in [1.29, 1.82) is 0 Å². The van der Waals surface area contributed by atoms with Crippen LogP contribution in [-0.4, -0.2) is 22.6 Å². The molecule has 1 saturated carbocycles. The van der Waals surface area contributed by atoms with Gasteiger partial charge in [-0.3, -0.25) is 4.90 Å². The fraction of sp³-hybridized carbons (Fsp3) is 0.647. The van der Waals surface area contributed by atoms with Crippen LogP contribution >= 0.6 is 0 Å². The minimum absolute atomic E-state index is 0.358. The second kappa shape index (κ2) is 4.24. The lowest BCUT2D eigenvalue weighted by Crippen LogP contribution is -2.34. The van der Waals surface area contributed by atoms with Crippen molar-refractivity contribution >= 4 is 0 Å². The molecule has 3 rings (SSSR count). The summed E-state index contributed by atoms with van der Waals surface area (Å²) >= 11 is 0. The number of benzene rings is 1. The van der Waals surface area contributed by atoms with Gasteiger partial charge in [-0.15, -0.1) is 0 Å². The van der Waals surface area contributed by atoms with Crippen LogP contribution in [0.2, 0.25) is 0 Å². The lowest BCUT2D eigenvalue weighted by molar-refractivity contribution is 0.126. The molecule has 104 valence electrons. The highest BCUT2D eigenvalue weighted by atomic mass is 16.3. The fourth-order valence-electron chi connectivity index (χ4n) is 4.60. The molecule has 2 nitrogen and oxygen atoms in total. The van der Waals surface area contributed by atoms with E-state index in [2.05, 4.69) is 25.7 Å². The van der Waals surface area contributed by atoms with E-state index in [1.165, 1.54) is 31.4 Å². The quantitative estimate of drug-likeness (QED) is 0.873. The van der Waals surface area contributed by atoms with Crippen LogP contribution in [0.5, 0.6) is 5.75 Å². The van der Waals surface area contributed by atoms with Crippen molar-refractivity contribution in [2.75, 3.05) is 6.54 Å². The standard InChI is InChI=1S/C17H25NO/c1-16(2)8-14-9-17(3,11-16)12-18(14)10-13-4-6-15(19)7-5-13/h4-7,14,19H,8-12H2,1-3H3. The monoisotopic (exact) mass is 259 g/mol. The molecule has 2 bridgehead atoms. The average molecular weight is 259 g/mol. The molecule has 2 aliphatic rings. The zero-order valence-electron chi connectivity index (χ0n) is 12.3. The fourth-order valence-corrected chi connectivity index (χ4v) is 4.60. The molecule has 1 aliphatic carbocycles. The van der Waals surface area contributed by atoms with Gasteiger partial charge in [0.05, 0.1) is 0 Å².